The van der Waals surface area contributed by atoms with Crippen LogP contribution in [0.1, 0.15) is 12.0 Å². The number of amides is 4. The van der Waals surface area contributed by atoms with E-state index in [0.29, 0.717) is 13.0 Å². The van der Waals surface area contributed by atoms with E-state index in [4.69, 9.17) is 4.74 Å². The van der Waals surface area contributed by atoms with Gasteiger partial charge in [0.1, 0.15) is 12.6 Å². The number of fused-ring (bicyclic) bond motifs is 5. The SMILES string of the molecule is COCC(=O)N1CC2CC1C1C(=O)N(c3cccc(C(F)(F)F)c3)C(=O)N21. The number of hydrogen-bond donors (Lipinski definition) is 0. The van der Waals surface area contributed by atoms with Gasteiger partial charge in [-0.25, -0.2) is 9.69 Å². The molecule has 3 fully saturated rings. The molecule has 1 aromatic rings. The number of carbonyl (C=O) groups excluding carboxylic acids is 3. The van der Waals surface area contributed by atoms with Gasteiger partial charge in [-0.3, -0.25) is 9.59 Å². The molecular formula is C17H16F3N3O4. The summed E-state index contributed by atoms with van der Waals surface area (Å²) in [7, 11) is 1.39. The molecule has 3 atom stereocenters. The fraction of sp³-hybridized carbons (Fsp3) is 0.471. The Morgan fingerprint density at radius 3 is 2.70 bits per heavy atom. The Kier molecular flexibility index (Phi) is 3.91. The molecule has 0 spiro atoms. The number of halogens is 3. The molecule has 3 aliphatic rings. The van der Waals surface area contributed by atoms with Crippen molar-refractivity contribution in [2.24, 2.45) is 0 Å². The van der Waals surface area contributed by atoms with Crippen molar-refractivity contribution in [3.8, 4) is 0 Å². The first-order valence-corrected chi connectivity index (χ1v) is 8.36. The van der Waals surface area contributed by atoms with E-state index in [-0.39, 0.29) is 24.2 Å². The number of hydrogen-bond acceptors (Lipinski definition) is 4. The van der Waals surface area contributed by atoms with E-state index < -0.39 is 35.8 Å². The third-order valence-corrected chi connectivity index (χ3v) is 5.28. The number of methoxy groups -OCH3 is 1. The summed E-state index contributed by atoms with van der Waals surface area (Å²) in [5, 5.41) is 0. The number of alkyl halides is 3. The normalized spacial score (nSPS) is 27.0. The van der Waals surface area contributed by atoms with E-state index in [1.165, 1.54) is 23.0 Å². The molecule has 1 aromatic carbocycles. The zero-order valence-electron chi connectivity index (χ0n) is 14.3. The first-order chi connectivity index (χ1) is 12.7. The Labute approximate surface area is 152 Å². The highest BCUT2D eigenvalue weighted by Gasteiger charge is 2.62. The van der Waals surface area contributed by atoms with Crippen LogP contribution in [0.3, 0.4) is 0 Å². The van der Waals surface area contributed by atoms with Crippen LogP contribution < -0.4 is 4.90 Å². The molecular weight excluding hydrogens is 367 g/mol. The number of rotatable bonds is 3. The van der Waals surface area contributed by atoms with Crippen LogP contribution in [0, 0.1) is 0 Å². The van der Waals surface area contributed by atoms with Gasteiger partial charge in [0.15, 0.2) is 0 Å². The van der Waals surface area contributed by atoms with Gasteiger partial charge < -0.3 is 14.5 Å². The van der Waals surface area contributed by atoms with Crippen molar-refractivity contribution in [1.82, 2.24) is 9.80 Å². The van der Waals surface area contributed by atoms with Gasteiger partial charge in [0.2, 0.25) is 5.91 Å². The van der Waals surface area contributed by atoms with E-state index in [2.05, 4.69) is 0 Å². The Balaban J connectivity index is 1.64. The number of piperazine rings is 1. The second-order valence-electron chi connectivity index (χ2n) is 6.79. The molecule has 2 bridgehead atoms. The molecule has 3 aliphatic heterocycles. The summed E-state index contributed by atoms with van der Waals surface area (Å²) in [6, 6.07) is 1.80. The van der Waals surface area contributed by atoms with Crippen LogP contribution in [-0.2, 0) is 20.5 Å². The summed E-state index contributed by atoms with van der Waals surface area (Å²) in [5.41, 5.74) is -1.06. The number of ether oxygens (including phenoxy) is 1. The van der Waals surface area contributed by atoms with Crippen LogP contribution in [0.5, 0.6) is 0 Å². The minimum atomic E-state index is -4.58. The van der Waals surface area contributed by atoms with Crippen molar-refractivity contribution in [2.45, 2.75) is 30.7 Å². The summed E-state index contributed by atoms with van der Waals surface area (Å²) < 4.78 is 43.8. The van der Waals surface area contributed by atoms with E-state index in [1.54, 1.807) is 0 Å². The quantitative estimate of drug-likeness (QED) is 0.742. The molecule has 0 saturated carbocycles. The molecule has 4 rings (SSSR count). The van der Waals surface area contributed by atoms with E-state index in [9.17, 15) is 27.6 Å². The maximum atomic E-state index is 13.0. The third kappa shape index (κ3) is 2.58. The molecule has 3 unspecified atom stereocenters. The largest absolute Gasteiger partial charge is 0.416 e. The Morgan fingerprint density at radius 2 is 2.04 bits per heavy atom. The number of anilines is 1. The van der Waals surface area contributed by atoms with Crippen LogP contribution in [0.25, 0.3) is 0 Å². The van der Waals surface area contributed by atoms with Crippen molar-refractivity contribution in [3.05, 3.63) is 29.8 Å². The van der Waals surface area contributed by atoms with Crippen molar-refractivity contribution < 1.29 is 32.3 Å². The van der Waals surface area contributed by atoms with Gasteiger partial charge >= 0.3 is 12.2 Å². The van der Waals surface area contributed by atoms with Gasteiger partial charge in [-0.05, 0) is 24.6 Å². The summed E-state index contributed by atoms with van der Waals surface area (Å²) in [6.07, 6.45) is -4.10. The van der Waals surface area contributed by atoms with Gasteiger partial charge in [-0.15, -0.1) is 0 Å². The first kappa shape index (κ1) is 17.8. The Bertz CT molecular complexity index is 828. The number of urea groups is 1. The highest BCUT2D eigenvalue weighted by Crippen LogP contribution is 2.43. The van der Waals surface area contributed by atoms with Crippen molar-refractivity contribution in [1.29, 1.82) is 0 Å². The van der Waals surface area contributed by atoms with Crippen LogP contribution in [0.15, 0.2) is 24.3 Å². The second-order valence-corrected chi connectivity index (χ2v) is 6.79. The smallest absolute Gasteiger partial charge is 0.375 e. The lowest BCUT2D eigenvalue weighted by Crippen LogP contribution is -2.55. The topological polar surface area (TPSA) is 70.2 Å². The minimum absolute atomic E-state index is 0.122. The van der Waals surface area contributed by atoms with Crippen molar-refractivity contribution in [2.75, 3.05) is 25.2 Å². The third-order valence-electron chi connectivity index (χ3n) is 5.28. The average molecular weight is 383 g/mol. The molecule has 0 radical (unpaired) electrons. The fourth-order valence-corrected chi connectivity index (χ4v) is 4.21. The molecule has 0 N–H and O–H groups in total. The maximum Gasteiger partial charge on any atom is 0.416 e. The van der Waals surface area contributed by atoms with E-state index in [0.717, 1.165) is 23.1 Å². The number of nitrogens with zero attached hydrogens (tertiary/aromatic N) is 3. The van der Waals surface area contributed by atoms with E-state index >= 15 is 0 Å². The average Bonchev–Trinajstić information content (AvgIpc) is 3.26. The molecule has 10 heteroatoms. The monoisotopic (exact) mass is 383 g/mol. The van der Waals surface area contributed by atoms with Gasteiger partial charge in [0.05, 0.1) is 23.3 Å². The lowest BCUT2D eigenvalue weighted by atomic mass is 10.1. The Hall–Kier alpha value is -2.62. The van der Waals surface area contributed by atoms with Crippen LogP contribution in [-0.4, -0.2) is 66.0 Å². The molecule has 27 heavy (non-hydrogen) atoms. The standard InChI is InChI=1S/C17H16F3N3O4/c1-27-8-13(24)21-7-11-6-12(21)14-15(25)23(16(26)22(11)14)10-4-2-3-9(5-10)17(18,19)20/h2-5,11-12,14H,6-8H2,1H3. The van der Waals surface area contributed by atoms with Gasteiger partial charge in [0, 0.05) is 13.7 Å². The zero-order chi connectivity index (χ0) is 19.5. The van der Waals surface area contributed by atoms with Crippen molar-refractivity contribution in [3.63, 3.8) is 0 Å². The lowest BCUT2D eigenvalue weighted by Gasteiger charge is -2.34. The summed E-state index contributed by atoms with van der Waals surface area (Å²) in [4.78, 5) is 41.5. The molecule has 7 nitrogen and oxygen atoms in total. The van der Waals surface area contributed by atoms with Gasteiger partial charge in [-0.2, -0.15) is 13.2 Å². The van der Waals surface area contributed by atoms with Crippen molar-refractivity contribution >= 4 is 23.5 Å². The molecule has 0 aliphatic carbocycles. The Morgan fingerprint density at radius 1 is 1.30 bits per heavy atom. The zero-order valence-corrected chi connectivity index (χ0v) is 14.3. The molecule has 0 aromatic heterocycles. The first-order valence-electron chi connectivity index (χ1n) is 8.36. The highest BCUT2D eigenvalue weighted by atomic mass is 19.4. The fourth-order valence-electron chi connectivity index (χ4n) is 4.21. The number of imide groups is 1. The number of likely N-dealkylation sites (tertiary alicyclic amines) is 1. The molecule has 144 valence electrons. The van der Waals surface area contributed by atoms with Gasteiger partial charge in [-0.1, -0.05) is 6.07 Å². The predicted octanol–water partition coefficient (Wildman–Crippen LogP) is 1.47. The van der Waals surface area contributed by atoms with Crippen LogP contribution in [0.4, 0.5) is 23.7 Å². The summed E-state index contributed by atoms with van der Waals surface area (Å²) in [5.74, 6) is -0.885. The molecule has 4 amide bonds. The maximum absolute atomic E-state index is 13.0. The van der Waals surface area contributed by atoms with Crippen LogP contribution in [0.2, 0.25) is 0 Å². The summed E-state index contributed by atoms with van der Waals surface area (Å²) in [6.45, 7) is 0.161. The highest BCUT2D eigenvalue weighted by molar-refractivity contribution is 6.22. The minimum Gasteiger partial charge on any atom is -0.375 e. The second kappa shape index (κ2) is 5.95. The van der Waals surface area contributed by atoms with Crippen LogP contribution >= 0.6 is 0 Å². The predicted molar refractivity (Wildman–Crippen MR) is 85.7 cm³/mol. The van der Waals surface area contributed by atoms with Gasteiger partial charge in [0.25, 0.3) is 5.91 Å². The van der Waals surface area contributed by atoms with E-state index in [1.807, 2.05) is 0 Å². The number of benzene rings is 1. The number of carbonyl (C=O) groups is 3. The molecule has 3 heterocycles. The lowest BCUT2D eigenvalue weighted by molar-refractivity contribution is -0.139. The summed E-state index contributed by atoms with van der Waals surface area (Å²) >= 11 is 0. The molecule has 3 saturated heterocycles.